The van der Waals surface area contributed by atoms with Crippen LogP contribution in [0, 0.1) is 17.2 Å². The van der Waals surface area contributed by atoms with E-state index in [1.165, 1.54) is 18.2 Å². The van der Waals surface area contributed by atoms with Gasteiger partial charge >= 0.3 is 0 Å². The van der Waals surface area contributed by atoms with Crippen molar-refractivity contribution in [3.63, 3.8) is 0 Å². The summed E-state index contributed by atoms with van der Waals surface area (Å²) >= 11 is 5.83. The maximum absolute atomic E-state index is 13.4. The predicted molar refractivity (Wildman–Crippen MR) is 108 cm³/mol. The third-order valence-electron chi connectivity index (χ3n) is 4.91. The first-order valence-electron chi connectivity index (χ1n) is 9.33. The fraction of sp³-hybridized carbons (Fsp3) is 0.429. The number of pyridine rings is 1. The Morgan fingerprint density at radius 3 is 2.82 bits per heavy atom. The Balaban J connectivity index is 1.90. The Hall–Kier alpha value is -2.18. The quantitative estimate of drug-likeness (QED) is 0.394. The van der Waals surface area contributed by atoms with Crippen molar-refractivity contribution >= 4 is 17.4 Å². The predicted octanol–water partition coefficient (Wildman–Crippen LogP) is 5.61. The number of aromatic nitrogens is 1. The van der Waals surface area contributed by atoms with Gasteiger partial charge in [0, 0.05) is 12.3 Å². The smallest absolute Gasteiger partial charge is 0.230 e. The van der Waals surface area contributed by atoms with E-state index in [4.69, 9.17) is 21.3 Å². The Labute approximate surface area is 169 Å². The summed E-state index contributed by atoms with van der Waals surface area (Å²) in [4.78, 5) is 8.99. The molecule has 2 aromatic rings. The average Bonchev–Trinajstić information content (AvgIpc) is 2.62. The molecule has 1 aromatic carbocycles. The van der Waals surface area contributed by atoms with Gasteiger partial charge in [-0.05, 0) is 54.9 Å². The lowest BCUT2D eigenvalue weighted by Crippen LogP contribution is -2.32. The van der Waals surface area contributed by atoms with Crippen LogP contribution in [0.15, 0.2) is 41.5 Å². The Morgan fingerprint density at radius 1 is 1.36 bits per heavy atom. The molecule has 0 aliphatic heterocycles. The van der Waals surface area contributed by atoms with Gasteiger partial charge in [-0.1, -0.05) is 32.4 Å². The molecule has 2 N–H and O–H groups in total. The van der Waals surface area contributed by atoms with Gasteiger partial charge in [0.1, 0.15) is 11.6 Å². The van der Waals surface area contributed by atoms with Crippen LogP contribution >= 0.6 is 11.6 Å². The van der Waals surface area contributed by atoms with Crippen molar-refractivity contribution in [2.45, 2.75) is 46.1 Å². The van der Waals surface area contributed by atoms with E-state index in [-0.39, 0.29) is 22.4 Å². The molecule has 1 aromatic heterocycles. The molecule has 5 nitrogen and oxygen atoms in total. The minimum atomic E-state index is -0.524. The number of ether oxygens (including phenoxy) is 1. The Bertz CT molecular complexity index is 872. The van der Waals surface area contributed by atoms with E-state index in [1.807, 2.05) is 0 Å². The number of hydrogen-bond acceptors (Lipinski definition) is 4. The number of benzene rings is 1. The van der Waals surface area contributed by atoms with Gasteiger partial charge in [-0.15, -0.1) is 0 Å². The number of hydrogen-bond donors (Lipinski definition) is 2. The van der Waals surface area contributed by atoms with E-state index < -0.39 is 5.82 Å². The fourth-order valence-electron chi connectivity index (χ4n) is 4.04. The van der Waals surface area contributed by atoms with Gasteiger partial charge in [0.25, 0.3) is 0 Å². The highest BCUT2D eigenvalue weighted by Gasteiger charge is 2.32. The molecule has 150 valence electrons. The molecular weight excluding hydrogens is 381 g/mol. The zero-order chi connectivity index (χ0) is 20.3. The van der Waals surface area contributed by atoms with Crippen LogP contribution in [0.25, 0.3) is 0 Å². The largest absolute Gasteiger partial charge is 0.438 e. The van der Waals surface area contributed by atoms with E-state index in [0.29, 0.717) is 23.1 Å². The first kappa shape index (κ1) is 20.6. The second-order valence-electron chi connectivity index (χ2n) is 8.19. The molecule has 1 aliphatic rings. The summed E-state index contributed by atoms with van der Waals surface area (Å²) in [5.41, 5.74) is 2.91. The number of amidine groups is 1. The molecule has 1 heterocycles. The second kappa shape index (κ2) is 8.45. The topological polar surface area (TPSA) is 66.7 Å². The fourth-order valence-corrected chi connectivity index (χ4v) is 4.21. The summed E-state index contributed by atoms with van der Waals surface area (Å²) in [5.74, 6) is 0.919. The molecule has 0 bridgehead atoms. The van der Waals surface area contributed by atoms with Gasteiger partial charge in [0.05, 0.1) is 16.6 Å². The number of hydroxylamine groups is 1. The summed E-state index contributed by atoms with van der Waals surface area (Å²) in [6.07, 6.45) is 4.63. The lowest BCUT2D eigenvalue weighted by Gasteiger charge is -2.37. The summed E-state index contributed by atoms with van der Waals surface area (Å²) in [6, 6.07) is 7.65. The molecular formula is C21H25ClFN3O2. The molecule has 1 saturated carbocycles. The molecule has 1 aliphatic carbocycles. The van der Waals surface area contributed by atoms with Crippen LogP contribution in [-0.4, -0.2) is 22.1 Å². The molecule has 0 saturated heterocycles. The molecule has 0 spiro atoms. The minimum absolute atomic E-state index is 0.0393. The number of halogens is 2. The second-order valence-corrected chi connectivity index (χ2v) is 8.60. The van der Waals surface area contributed by atoms with Crippen molar-refractivity contribution in [1.29, 1.82) is 0 Å². The number of nitrogens with zero attached hydrogens (tertiary/aromatic N) is 2. The van der Waals surface area contributed by atoms with Crippen LogP contribution in [0.5, 0.6) is 11.6 Å². The Kier molecular flexibility index (Phi) is 6.20. The lowest BCUT2D eigenvalue weighted by molar-refractivity contribution is 0.169. The van der Waals surface area contributed by atoms with Crippen molar-refractivity contribution in [2.75, 3.05) is 0 Å². The minimum Gasteiger partial charge on any atom is -0.438 e. The zero-order valence-corrected chi connectivity index (χ0v) is 17.0. The van der Waals surface area contributed by atoms with Crippen LogP contribution in [0.3, 0.4) is 0 Å². The SMILES string of the molecule is CC1CC(N=C(NO)c2cccnc2Oc2ccc(F)c(Cl)c2)CC(C)(C)C1. The van der Waals surface area contributed by atoms with E-state index in [0.717, 1.165) is 19.3 Å². The van der Waals surface area contributed by atoms with E-state index in [2.05, 4.69) is 31.2 Å². The van der Waals surface area contributed by atoms with Crippen molar-refractivity contribution < 1.29 is 14.3 Å². The van der Waals surface area contributed by atoms with E-state index >= 15 is 0 Å². The van der Waals surface area contributed by atoms with Gasteiger partial charge in [0.15, 0.2) is 5.84 Å². The van der Waals surface area contributed by atoms with E-state index in [1.54, 1.807) is 18.3 Å². The summed E-state index contributed by atoms with van der Waals surface area (Å²) in [5, 5.41) is 9.70. The number of rotatable bonds is 4. The molecule has 2 atom stereocenters. The maximum atomic E-state index is 13.4. The number of nitrogens with one attached hydrogen (secondary N) is 1. The summed E-state index contributed by atoms with van der Waals surface area (Å²) in [7, 11) is 0. The zero-order valence-electron chi connectivity index (χ0n) is 16.2. The van der Waals surface area contributed by atoms with Gasteiger partial charge in [0.2, 0.25) is 5.88 Å². The lowest BCUT2D eigenvalue weighted by atomic mass is 9.71. The highest BCUT2D eigenvalue weighted by molar-refractivity contribution is 6.30. The molecule has 0 radical (unpaired) electrons. The third-order valence-corrected chi connectivity index (χ3v) is 5.20. The first-order valence-corrected chi connectivity index (χ1v) is 9.71. The van der Waals surface area contributed by atoms with Gasteiger partial charge in [-0.25, -0.2) is 9.37 Å². The van der Waals surface area contributed by atoms with Crippen LogP contribution in [0.2, 0.25) is 5.02 Å². The van der Waals surface area contributed by atoms with Crippen molar-refractivity contribution in [3.05, 3.63) is 52.9 Å². The average molecular weight is 406 g/mol. The monoisotopic (exact) mass is 405 g/mol. The van der Waals surface area contributed by atoms with Crippen LogP contribution < -0.4 is 10.2 Å². The summed E-state index contributed by atoms with van der Waals surface area (Å²) < 4.78 is 19.2. The van der Waals surface area contributed by atoms with Crippen molar-refractivity contribution in [2.24, 2.45) is 16.3 Å². The number of aliphatic imine (C=N–C) groups is 1. The van der Waals surface area contributed by atoms with Gasteiger partial charge in [-0.3, -0.25) is 15.7 Å². The first-order chi connectivity index (χ1) is 13.3. The standard InChI is InChI=1S/C21H25ClFN3O2/c1-13-9-14(12-21(2,3)11-13)25-19(26-27)16-5-4-8-24-20(16)28-15-6-7-18(23)17(22)10-15/h4-8,10,13-14,27H,9,11-12H2,1-3H3,(H,25,26). The van der Waals surface area contributed by atoms with Gasteiger partial charge in [-0.2, -0.15) is 0 Å². The molecule has 2 unspecified atom stereocenters. The van der Waals surface area contributed by atoms with Gasteiger partial charge < -0.3 is 4.74 Å². The normalized spacial score (nSPS) is 22.0. The van der Waals surface area contributed by atoms with Crippen molar-refractivity contribution in [1.82, 2.24) is 10.5 Å². The third kappa shape index (κ3) is 5.00. The van der Waals surface area contributed by atoms with Crippen LogP contribution in [0.1, 0.15) is 45.6 Å². The highest BCUT2D eigenvalue weighted by atomic mass is 35.5. The van der Waals surface area contributed by atoms with Crippen molar-refractivity contribution in [3.8, 4) is 11.6 Å². The highest BCUT2D eigenvalue weighted by Crippen LogP contribution is 2.40. The summed E-state index contributed by atoms with van der Waals surface area (Å²) in [6.45, 7) is 6.72. The van der Waals surface area contributed by atoms with Crippen LogP contribution in [-0.2, 0) is 0 Å². The van der Waals surface area contributed by atoms with Crippen LogP contribution in [0.4, 0.5) is 4.39 Å². The molecule has 7 heteroatoms. The molecule has 3 rings (SSSR count). The van der Waals surface area contributed by atoms with E-state index in [9.17, 15) is 9.60 Å². The molecule has 0 amide bonds. The Morgan fingerprint density at radius 2 is 2.14 bits per heavy atom. The molecule has 1 fully saturated rings. The molecule has 28 heavy (non-hydrogen) atoms. The maximum Gasteiger partial charge on any atom is 0.230 e.